The monoisotopic (exact) mass is 362 g/mol. The Bertz CT molecular complexity index is 770. The molecular weight excluding hydrogens is 348 g/mol. The molecule has 124 valence electrons. The van der Waals surface area contributed by atoms with Gasteiger partial charge in [0.15, 0.2) is 5.13 Å². The first-order valence-electron chi connectivity index (χ1n) is 7.00. The minimum atomic E-state index is -0.351. The number of thiazole rings is 1. The number of nitrogens with zero attached hydrogens (tertiary/aromatic N) is 3. The highest BCUT2D eigenvalue weighted by Crippen LogP contribution is 2.20. The fraction of sp³-hybridized carbons (Fsp3) is 0.267. The molecule has 7 nitrogen and oxygen atoms in total. The Hall–Kier alpha value is -2.44. The first kappa shape index (κ1) is 17.9. The van der Waals surface area contributed by atoms with E-state index >= 15 is 0 Å². The van der Waals surface area contributed by atoms with Crippen molar-refractivity contribution in [3.05, 3.63) is 35.0 Å². The van der Waals surface area contributed by atoms with Crippen LogP contribution in [0.4, 0.5) is 5.13 Å². The number of aromatic nitrogens is 2. The van der Waals surface area contributed by atoms with Gasteiger partial charge in [0.1, 0.15) is 11.1 Å². The Kier molecular flexibility index (Phi) is 6.72. The van der Waals surface area contributed by atoms with E-state index in [1.165, 1.54) is 23.1 Å². The van der Waals surface area contributed by atoms with Crippen LogP contribution in [0.25, 0.3) is 0 Å². The third-order valence-electron chi connectivity index (χ3n) is 2.66. The summed E-state index contributed by atoms with van der Waals surface area (Å²) < 4.78 is 4.85. The van der Waals surface area contributed by atoms with Crippen LogP contribution in [0.1, 0.15) is 18.2 Å². The van der Waals surface area contributed by atoms with Gasteiger partial charge in [0.2, 0.25) is 5.91 Å². The molecule has 1 amide bonds. The van der Waals surface area contributed by atoms with Gasteiger partial charge in [-0.2, -0.15) is 5.26 Å². The zero-order chi connectivity index (χ0) is 17.4. The van der Waals surface area contributed by atoms with E-state index in [9.17, 15) is 9.59 Å². The van der Waals surface area contributed by atoms with Crippen LogP contribution >= 0.6 is 23.1 Å². The minimum absolute atomic E-state index is 0.0778. The molecule has 2 aromatic heterocycles. The van der Waals surface area contributed by atoms with Gasteiger partial charge in [0.05, 0.1) is 30.0 Å². The Morgan fingerprint density at radius 1 is 1.50 bits per heavy atom. The van der Waals surface area contributed by atoms with E-state index in [1.54, 1.807) is 30.6 Å². The van der Waals surface area contributed by atoms with Gasteiger partial charge < -0.3 is 10.1 Å². The van der Waals surface area contributed by atoms with Gasteiger partial charge in [-0.25, -0.2) is 9.97 Å². The fourth-order valence-electron chi connectivity index (χ4n) is 1.69. The number of nitriles is 1. The number of ether oxygens (including phenoxy) is 1. The number of hydrogen-bond donors (Lipinski definition) is 1. The molecule has 0 saturated carbocycles. The van der Waals surface area contributed by atoms with Crippen LogP contribution in [0, 0.1) is 11.3 Å². The van der Waals surface area contributed by atoms with Crippen molar-refractivity contribution in [1.82, 2.24) is 9.97 Å². The van der Waals surface area contributed by atoms with Crippen molar-refractivity contribution in [3.63, 3.8) is 0 Å². The van der Waals surface area contributed by atoms with Crippen LogP contribution in [0.3, 0.4) is 0 Å². The van der Waals surface area contributed by atoms with E-state index in [2.05, 4.69) is 15.3 Å². The summed E-state index contributed by atoms with van der Waals surface area (Å²) in [5.74, 6) is -0.500. The van der Waals surface area contributed by atoms with Crippen molar-refractivity contribution in [1.29, 1.82) is 5.26 Å². The van der Waals surface area contributed by atoms with Crippen molar-refractivity contribution in [2.75, 3.05) is 17.7 Å². The number of carbonyl (C=O) groups excluding carboxylic acids is 2. The lowest BCUT2D eigenvalue weighted by molar-refractivity contribution is -0.142. The Morgan fingerprint density at radius 3 is 3.08 bits per heavy atom. The second-order valence-electron chi connectivity index (χ2n) is 4.43. The summed E-state index contributed by atoms with van der Waals surface area (Å²) in [6.45, 7) is 2.06. The molecule has 2 aromatic rings. The third kappa shape index (κ3) is 5.33. The number of hydrogen-bond acceptors (Lipinski definition) is 8. The number of anilines is 1. The first-order chi connectivity index (χ1) is 11.6. The van der Waals surface area contributed by atoms with Gasteiger partial charge in [-0.1, -0.05) is 11.8 Å². The second kappa shape index (κ2) is 9.00. The Labute approximate surface area is 147 Å². The predicted octanol–water partition coefficient (Wildman–Crippen LogP) is 2.25. The highest BCUT2D eigenvalue weighted by atomic mass is 32.2. The Morgan fingerprint density at radius 2 is 2.33 bits per heavy atom. The molecule has 0 bridgehead atoms. The molecule has 24 heavy (non-hydrogen) atoms. The van der Waals surface area contributed by atoms with Crippen LogP contribution in [-0.2, 0) is 20.7 Å². The van der Waals surface area contributed by atoms with Crippen LogP contribution < -0.4 is 5.32 Å². The highest BCUT2D eigenvalue weighted by molar-refractivity contribution is 8.00. The quantitative estimate of drug-likeness (QED) is 0.595. The van der Waals surface area contributed by atoms with Gasteiger partial charge in [0.25, 0.3) is 0 Å². The fourth-order valence-corrected chi connectivity index (χ4v) is 3.16. The molecule has 0 aliphatic carbocycles. The minimum Gasteiger partial charge on any atom is -0.466 e. The molecule has 0 aliphatic rings. The lowest BCUT2D eigenvalue weighted by atomic mass is 10.3. The standard InChI is InChI=1S/C15H14N4O3S2/c1-2-22-13(21)6-11-8-24-15(18-11)19-12(20)9-23-14-10(7-16)4-3-5-17-14/h3-5,8H,2,6,9H2,1H3,(H,18,19,20). The van der Waals surface area contributed by atoms with E-state index in [-0.39, 0.29) is 24.1 Å². The maximum Gasteiger partial charge on any atom is 0.311 e. The number of amides is 1. The van der Waals surface area contributed by atoms with Gasteiger partial charge in [0, 0.05) is 11.6 Å². The van der Waals surface area contributed by atoms with Gasteiger partial charge in [-0.05, 0) is 19.1 Å². The molecule has 0 fully saturated rings. The number of carbonyl (C=O) groups is 2. The maximum absolute atomic E-state index is 12.0. The number of nitrogens with one attached hydrogen (secondary N) is 1. The third-order valence-corrected chi connectivity index (χ3v) is 4.47. The summed E-state index contributed by atoms with van der Waals surface area (Å²) in [6, 6.07) is 5.35. The van der Waals surface area contributed by atoms with Crippen LogP contribution in [-0.4, -0.2) is 34.2 Å². The van der Waals surface area contributed by atoms with Crippen LogP contribution in [0.2, 0.25) is 0 Å². The molecular formula is C15H14N4O3S2. The van der Waals surface area contributed by atoms with Crippen molar-refractivity contribution >= 4 is 40.1 Å². The molecule has 0 radical (unpaired) electrons. The first-order valence-corrected chi connectivity index (χ1v) is 8.86. The summed E-state index contributed by atoms with van der Waals surface area (Å²) in [5, 5.41) is 14.3. The molecule has 0 aliphatic heterocycles. The van der Waals surface area contributed by atoms with E-state index in [0.717, 1.165) is 0 Å². The van der Waals surface area contributed by atoms with Crippen molar-refractivity contribution in [2.45, 2.75) is 18.4 Å². The van der Waals surface area contributed by atoms with E-state index in [1.807, 2.05) is 6.07 Å². The lowest BCUT2D eigenvalue weighted by Gasteiger charge is -2.03. The second-order valence-corrected chi connectivity index (χ2v) is 6.25. The van der Waals surface area contributed by atoms with E-state index in [0.29, 0.717) is 28.0 Å². The molecule has 9 heteroatoms. The zero-order valence-electron chi connectivity index (χ0n) is 12.8. The largest absolute Gasteiger partial charge is 0.466 e. The number of pyridine rings is 1. The van der Waals surface area contributed by atoms with Crippen molar-refractivity contribution in [2.24, 2.45) is 0 Å². The average molecular weight is 362 g/mol. The van der Waals surface area contributed by atoms with Crippen molar-refractivity contribution in [3.8, 4) is 6.07 Å². The number of rotatable bonds is 7. The van der Waals surface area contributed by atoms with Gasteiger partial charge >= 0.3 is 5.97 Å². The predicted molar refractivity (Wildman–Crippen MR) is 90.8 cm³/mol. The topological polar surface area (TPSA) is 105 Å². The Balaban J connectivity index is 1.86. The summed E-state index contributed by atoms with van der Waals surface area (Å²) in [7, 11) is 0. The van der Waals surface area contributed by atoms with E-state index in [4.69, 9.17) is 10.00 Å². The molecule has 0 aromatic carbocycles. The normalized spacial score (nSPS) is 10.0. The summed E-state index contributed by atoms with van der Waals surface area (Å²) in [4.78, 5) is 31.6. The van der Waals surface area contributed by atoms with Crippen LogP contribution in [0.15, 0.2) is 28.7 Å². The summed E-state index contributed by atoms with van der Waals surface area (Å²) in [6.07, 6.45) is 1.65. The zero-order valence-corrected chi connectivity index (χ0v) is 14.4. The lowest BCUT2D eigenvalue weighted by Crippen LogP contribution is -2.14. The van der Waals surface area contributed by atoms with Gasteiger partial charge in [-0.15, -0.1) is 11.3 Å². The molecule has 2 rings (SSSR count). The number of esters is 1. The smallest absolute Gasteiger partial charge is 0.311 e. The van der Waals surface area contributed by atoms with Crippen LogP contribution in [0.5, 0.6) is 0 Å². The molecule has 0 spiro atoms. The molecule has 0 atom stereocenters. The van der Waals surface area contributed by atoms with E-state index < -0.39 is 0 Å². The molecule has 2 heterocycles. The molecule has 0 saturated heterocycles. The summed E-state index contributed by atoms with van der Waals surface area (Å²) in [5.41, 5.74) is 0.985. The van der Waals surface area contributed by atoms with Crippen molar-refractivity contribution < 1.29 is 14.3 Å². The molecule has 0 unspecified atom stereocenters. The highest BCUT2D eigenvalue weighted by Gasteiger charge is 2.12. The molecule has 1 N–H and O–H groups in total. The average Bonchev–Trinajstić information content (AvgIpc) is 3.00. The maximum atomic E-state index is 12.0. The van der Waals surface area contributed by atoms with Gasteiger partial charge in [-0.3, -0.25) is 9.59 Å². The summed E-state index contributed by atoms with van der Waals surface area (Å²) >= 11 is 2.42. The SMILES string of the molecule is CCOC(=O)Cc1csc(NC(=O)CSc2ncccc2C#N)n1. The number of thioether (sulfide) groups is 1.